The first-order valence-corrected chi connectivity index (χ1v) is 7.60. The average Bonchev–Trinajstić information content (AvgIpc) is 3.01. The van der Waals surface area contributed by atoms with Gasteiger partial charge in [-0.15, -0.1) is 0 Å². The summed E-state index contributed by atoms with van der Waals surface area (Å²) in [6.07, 6.45) is -0.145. The standard InChI is InChI=1S/C16H19F3N4O/c1-3-6-13(12-7-4-5-9-20-12)22(2)15(24)11-23-10-8-14(21-23)16(17,18)19/h4-5,7-10,13H,3,6,11H2,1-2H3/t13-/m1/s1. The van der Waals surface area contributed by atoms with Crippen LogP contribution in [0.2, 0.25) is 0 Å². The number of hydrogen-bond acceptors (Lipinski definition) is 3. The van der Waals surface area contributed by atoms with E-state index in [1.54, 1.807) is 19.3 Å². The highest BCUT2D eigenvalue weighted by Gasteiger charge is 2.33. The van der Waals surface area contributed by atoms with Crippen LogP contribution in [0.1, 0.15) is 37.2 Å². The first kappa shape index (κ1) is 18.0. The van der Waals surface area contributed by atoms with E-state index in [-0.39, 0.29) is 18.5 Å². The summed E-state index contributed by atoms with van der Waals surface area (Å²) in [6, 6.07) is 6.10. The lowest BCUT2D eigenvalue weighted by molar-refractivity contribution is -0.142. The van der Waals surface area contributed by atoms with Crippen molar-refractivity contribution in [2.24, 2.45) is 0 Å². The molecule has 0 spiro atoms. The Morgan fingerprint density at radius 2 is 2.08 bits per heavy atom. The van der Waals surface area contributed by atoms with Gasteiger partial charge in [0.15, 0.2) is 5.69 Å². The SMILES string of the molecule is CCC[C@H](c1ccccn1)N(C)C(=O)Cn1ccc(C(F)(F)F)n1. The number of likely N-dealkylation sites (N-methyl/N-ethyl adjacent to an activating group) is 1. The quantitative estimate of drug-likeness (QED) is 0.811. The summed E-state index contributed by atoms with van der Waals surface area (Å²) in [5.74, 6) is -0.323. The molecule has 130 valence electrons. The van der Waals surface area contributed by atoms with E-state index in [0.29, 0.717) is 6.42 Å². The highest BCUT2D eigenvalue weighted by Crippen LogP contribution is 2.27. The van der Waals surface area contributed by atoms with Crippen molar-refractivity contribution in [3.63, 3.8) is 0 Å². The van der Waals surface area contributed by atoms with Crippen LogP contribution in [0.4, 0.5) is 13.2 Å². The molecule has 2 aromatic rings. The number of carbonyl (C=O) groups is 1. The third-order valence-corrected chi connectivity index (χ3v) is 3.68. The van der Waals surface area contributed by atoms with Crippen molar-refractivity contribution in [2.75, 3.05) is 7.05 Å². The highest BCUT2D eigenvalue weighted by atomic mass is 19.4. The molecule has 5 nitrogen and oxygen atoms in total. The van der Waals surface area contributed by atoms with Crippen molar-refractivity contribution in [2.45, 2.75) is 38.5 Å². The Balaban J connectivity index is 2.11. The van der Waals surface area contributed by atoms with Gasteiger partial charge in [0.1, 0.15) is 6.54 Å². The molecule has 0 fully saturated rings. The number of carbonyl (C=O) groups excluding carboxylic acids is 1. The smallest absolute Gasteiger partial charge is 0.336 e. The molecule has 0 radical (unpaired) electrons. The molecule has 1 amide bonds. The zero-order chi connectivity index (χ0) is 17.7. The van der Waals surface area contributed by atoms with Crippen molar-refractivity contribution in [3.05, 3.63) is 48.0 Å². The van der Waals surface area contributed by atoms with E-state index in [9.17, 15) is 18.0 Å². The molecule has 0 aliphatic heterocycles. The Morgan fingerprint density at radius 1 is 1.33 bits per heavy atom. The second kappa shape index (κ2) is 7.46. The zero-order valence-electron chi connectivity index (χ0n) is 13.5. The van der Waals surface area contributed by atoms with E-state index in [2.05, 4.69) is 10.1 Å². The maximum atomic E-state index is 12.6. The van der Waals surface area contributed by atoms with Crippen LogP contribution in [0.5, 0.6) is 0 Å². The van der Waals surface area contributed by atoms with Crippen molar-refractivity contribution in [1.82, 2.24) is 19.7 Å². The highest BCUT2D eigenvalue weighted by molar-refractivity contribution is 5.76. The molecule has 0 bridgehead atoms. The lowest BCUT2D eigenvalue weighted by Gasteiger charge is -2.27. The lowest BCUT2D eigenvalue weighted by atomic mass is 10.1. The third kappa shape index (κ3) is 4.33. The van der Waals surface area contributed by atoms with Gasteiger partial charge in [0.25, 0.3) is 0 Å². The molecule has 0 aliphatic rings. The fourth-order valence-corrected chi connectivity index (χ4v) is 2.41. The van der Waals surface area contributed by atoms with E-state index in [1.807, 2.05) is 19.1 Å². The van der Waals surface area contributed by atoms with Crippen LogP contribution in [0.3, 0.4) is 0 Å². The largest absolute Gasteiger partial charge is 0.435 e. The Labute approximate surface area is 138 Å². The molecule has 1 atom stereocenters. The molecule has 0 saturated carbocycles. The monoisotopic (exact) mass is 340 g/mol. The first-order valence-electron chi connectivity index (χ1n) is 7.60. The van der Waals surface area contributed by atoms with Gasteiger partial charge in [-0.25, -0.2) is 0 Å². The van der Waals surface area contributed by atoms with Gasteiger partial charge in [0, 0.05) is 19.4 Å². The van der Waals surface area contributed by atoms with Crippen molar-refractivity contribution in [1.29, 1.82) is 0 Å². The number of hydrogen-bond donors (Lipinski definition) is 0. The Hall–Kier alpha value is -2.38. The van der Waals surface area contributed by atoms with Crippen LogP contribution in [0.25, 0.3) is 0 Å². The summed E-state index contributed by atoms with van der Waals surface area (Å²) in [7, 11) is 1.63. The molecule has 0 aromatic carbocycles. The normalized spacial score (nSPS) is 12.9. The van der Waals surface area contributed by atoms with Crippen molar-refractivity contribution < 1.29 is 18.0 Å². The molecule has 2 heterocycles. The zero-order valence-corrected chi connectivity index (χ0v) is 13.5. The Morgan fingerprint density at radius 3 is 2.62 bits per heavy atom. The molecule has 2 rings (SSSR count). The molecule has 8 heteroatoms. The van der Waals surface area contributed by atoms with Crippen LogP contribution >= 0.6 is 0 Å². The van der Waals surface area contributed by atoms with E-state index in [0.717, 1.165) is 29.1 Å². The number of rotatable bonds is 6. The van der Waals surface area contributed by atoms with Crippen LogP contribution in [0, 0.1) is 0 Å². The van der Waals surface area contributed by atoms with E-state index in [4.69, 9.17) is 0 Å². The van der Waals surface area contributed by atoms with Gasteiger partial charge in [-0.05, 0) is 24.6 Å². The third-order valence-electron chi connectivity index (χ3n) is 3.68. The number of aromatic nitrogens is 3. The molecule has 0 unspecified atom stereocenters. The van der Waals surface area contributed by atoms with Gasteiger partial charge >= 0.3 is 6.18 Å². The molecule has 0 aliphatic carbocycles. The molecule has 0 saturated heterocycles. The maximum Gasteiger partial charge on any atom is 0.435 e. The molecular weight excluding hydrogens is 321 g/mol. The molecule has 24 heavy (non-hydrogen) atoms. The van der Waals surface area contributed by atoms with Gasteiger partial charge in [0.2, 0.25) is 5.91 Å². The summed E-state index contributed by atoms with van der Waals surface area (Å²) in [5, 5.41) is 3.41. The van der Waals surface area contributed by atoms with Crippen LogP contribution in [-0.2, 0) is 17.5 Å². The van der Waals surface area contributed by atoms with Gasteiger partial charge in [-0.1, -0.05) is 19.4 Å². The second-order valence-electron chi connectivity index (χ2n) is 5.46. The number of nitrogens with zero attached hydrogens (tertiary/aromatic N) is 4. The molecule has 2 aromatic heterocycles. The minimum atomic E-state index is -4.51. The van der Waals surface area contributed by atoms with Gasteiger partial charge in [-0.2, -0.15) is 18.3 Å². The van der Waals surface area contributed by atoms with Crippen molar-refractivity contribution in [3.8, 4) is 0 Å². The van der Waals surface area contributed by atoms with E-state index < -0.39 is 11.9 Å². The summed E-state index contributed by atoms with van der Waals surface area (Å²) in [6.45, 7) is 1.75. The lowest BCUT2D eigenvalue weighted by Crippen LogP contribution is -2.34. The summed E-state index contributed by atoms with van der Waals surface area (Å²) < 4.78 is 38.7. The first-order chi connectivity index (χ1) is 11.3. The topological polar surface area (TPSA) is 51.0 Å². The van der Waals surface area contributed by atoms with Gasteiger partial charge in [0.05, 0.1) is 11.7 Å². The van der Waals surface area contributed by atoms with Crippen LogP contribution < -0.4 is 0 Å². The second-order valence-corrected chi connectivity index (χ2v) is 5.46. The number of pyridine rings is 1. The number of halogens is 3. The van der Waals surface area contributed by atoms with Crippen LogP contribution in [-0.4, -0.2) is 32.6 Å². The predicted molar refractivity (Wildman–Crippen MR) is 81.9 cm³/mol. The fourth-order valence-electron chi connectivity index (χ4n) is 2.41. The van der Waals surface area contributed by atoms with Crippen molar-refractivity contribution >= 4 is 5.91 Å². The Kier molecular flexibility index (Phi) is 5.58. The summed E-state index contributed by atoms with van der Waals surface area (Å²) >= 11 is 0. The number of amides is 1. The van der Waals surface area contributed by atoms with E-state index >= 15 is 0 Å². The fraction of sp³-hybridized carbons (Fsp3) is 0.438. The minimum absolute atomic E-state index is 0.221. The van der Waals surface area contributed by atoms with Gasteiger partial charge < -0.3 is 4.90 Å². The molecule has 0 N–H and O–H groups in total. The summed E-state index contributed by atoms with van der Waals surface area (Å²) in [4.78, 5) is 18.2. The maximum absolute atomic E-state index is 12.6. The van der Waals surface area contributed by atoms with Gasteiger partial charge in [-0.3, -0.25) is 14.5 Å². The summed E-state index contributed by atoms with van der Waals surface area (Å²) in [5.41, 5.74) is -0.251. The Bertz CT molecular complexity index is 669. The average molecular weight is 340 g/mol. The minimum Gasteiger partial charge on any atom is -0.336 e. The van der Waals surface area contributed by atoms with Crippen LogP contribution in [0.15, 0.2) is 36.7 Å². The number of alkyl halides is 3. The molecular formula is C16H19F3N4O. The predicted octanol–water partition coefficient (Wildman–Crippen LogP) is 3.30. The van der Waals surface area contributed by atoms with E-state index in [1.165, 1.54) is 4.90 Å².